The molecule has 11 nitrogen and oxygen atoms in total. The third-order valence-electron chi connectivity index (χ3n) is 6.74. The number of hydrogen-bond donors (Lipinski definition) is 1. The van der Waals surface area contributed by atoms with E-state index in [-0.39, 0.29) is 11.6 Å². The quantitative estimate of drug-likeness (QED) is 0.247. The summed E-state index contributed by atoms with van der Waals surface area (Å²) < 4.78 is 35.0. The van der Waals surface area contributed by atoms with Crippen LogP contribution in [-0.4, -0.2) is 62.2 Å². The van der Waals surface area contributed by atoms with Gasteiger partial charge in [0.2, 0.25) is 0 Å². The van der Waals surface area contributed by atoms with E-state index in [1.165, 1.54) is 0 Å². The Morgan fingerprint density at radius 3 is 2.76 bits per heavy atom. The Bertz CT molecular complexity index is 1520. The number of hydrogen-bond acceptors (Lipinski definition) is 8. The molecule has 0 aliphatic carbocycles. The third-order valence-corrected chi connectivity index (χ3v) is 7.94. The van der Waals surface area contributed by atoms with Gasteiger partial charge in [-0.2, -0.15) is 5.26 Å². The molecule has 1 aliphatic rings. The first-order valence-electron chi connectivity index (χ1n) is 13.5. The normalized spacial score (nSPS) is 14.0. The number of methoxy groups -OCH3 is 1. The summed E-state index contributed by atoms with van der Waals surface area (Å²) in [5, 5.41) is 9.75. The summed E-state index contributed by atoms with van der Waals surface area (Å²) in [4.78, 5) is 13.8. The Balaban J connectivity index is 0.00000405. The van der Waals surface area contributed by atoms with Crippen molar-refractivity contribution in [1.29, 1.82) is 5.26 Å². The third kappa shape index (κ3) is 7.98. The minimum atomic E-state index is -1.41. The molecule has 0 saturated carbocycles. The Morgan fingerprint density at radius 1 is 1.14 bits per heavy atom. The summed E-state index contributed by atoms with van der Waals surface area (Å²) in [7, 11) is 0.159. The number of benzene rings is 2. The molecule has 220 valence electrons. The smallest absolute Gasteiger partial charge is 0.137 e. The van der Waals surface area contributed by atoms with Gasteiger partial charge in [-0.15, -0.1) is 0 Å². The molecule has 1 aliphatic heterocycles. The van der Waals surface area contributed by atoms with Gasteiger partial charge >= 0.3 is 0 Å². The van der Waals surface area contributed by atoms with Crippen molar-refractivity contribution in [2.24, 2.45) is 0 Å². The van der Waals surface area contributed by atoms with E-state index in [9.17, 15) is 9.47 Å². The van der Waals surface area contributed by atoms with E-state index in [1.54, 1.807) is 31.9 Å². The van der Waals surface area contributed by atoms with E-state index in [0.29, 0.717) is 59.7 Å². The van der Waals surface area contributed by atoms with Crippen molar-refractivity contribution in [2.45, 2.75) is 43.2 Å². The number of aryl methyl sites for hydroxylation is 1. The number of nitrogens with zero attached hydrogens (tertiary/aromatic N) is 5. The molecule has 1 unspecified atom stereocenters. The fraction of sp³-hybridized carbons (Fsp3) is 0.333. The molecule has 42 heavy (non-hydrogen) atoms. The number of nitriles is 1. The van der Waals surface area contributed by atoms with Crippen LogP contribution in [0.2, 0.25) is 0 Å². The van der Waals surface area contributed by atoms with E-state index in [1.807, 2.05) is 47.2 Å². The fourth-order valence-corrected chi connectivity index (χ4v) is 5.58. The topological polar surface area (TPSA) is 156 Å². The minimum Gasteiger partial charge on any atom is -0.495 e. The lowest BCUT2D eigenvalue weighted by Crippen LogP contribution is -2.26. The van der Waals surface area contributed by atoms with Crippen LogP contribution in [0.5, 0.6) is 11.5 Å². The van der Waals surface area contributed by atoms with Gasteiger partial charge in [0.25, 0.3) is 0 Å². The van der Waals surface area contributed by atoms with Gasteiger partial charge in [0.15, 0.2) is 0 Å². The zero-order valence-electron chi connectivity index (χ0n) is 23.4. The molecule has 0 radical (unpaired) electrons. The molecule has 12 heteroatoms. The van der Waals surface area contributed by atoms with Gasteiger partial charge in [0.1, 0.15) is 40.5 Å². The first kappa shape index (κ1) is 30.8. The second-order valence-corrected chi connectivity index (χ2v) is 10.9. The zero-order valence-corrected chi connectivity index (χ0v) is 24.2. The highest BCUT2D eigenvalue weighted by Crippen LogP contribution is 2.28. The summed E-state index contributed by atoms with van der Waals surface area (Å²) in [6.07, 6.45) is 10.1. The molecule has 2 aromatic heterocycles. The Kier molecular flexibility index (Phi) is 11.1. The van der Waals surface area contributed by atoms with Crippen molar-refractivity contribution in [2.75, 3.05) is 26.9 Å². The molecule has 0 spiro atoms. The van der Waals surface area contributed by atoms with Gasteiger partial charge in [0.05, 0.1) is 42.8 Å². The molecule has 1 saturated heterocycles. The Labute approximate surface area is 247 Å². The van der Waals surface area contributed by atoms with Gasteiger partial charge in [-0.3, -0.25) is 0 Å². The largest absolute Gasteiger partial charge is 0.495 e. The van der Waals surface area contributed by atoms with Crippen LogP contribution >= 0.6 is 0 Å². The lowest BCUT2D eigenvalue weighted by Gasteiger charge is -2.23. The van der Waals surface area contributed by atoms with Crippen LogP contribution in [0.1, 0.15) is 36.2 Å². The number of imidazole rings is 1. The SMILES string of the molecule is COc1cc(Cc2nccc(-c3ccc(OC4CCOCC4)c(C#N)c3)n2)ccc1S(=O)NCCCn1ccnc1.O. The summed E-state index contributed by atoms with van der Waals surface area (Å²) >= 11 is 0. The average Bonchev–Trinajstić information content (AvgIpc) is 3.54. The highest BCUT2D eigenvalue weighted by molar-refractivity contribution is 7.83. The summed E-state index contributed by atoms with van der Waals surface area (Å²) in [6.45, 7) is 2.73. The van der Waals surface area contributed by atoms with E-state index in [2.05, 4.69) is 20.8 Å². The molecule has 2 aromatic carbocycles. The molecule has 4 aromatic rings. The van der Waals surface area contributed by atoms with Crippen LogP contribution < -0.4 is 14.2 Å². The second-order valence-electron chi connectivity index (χ2n) is 9.59. The first-order valence-corrected chi connectivity index (χ1v) is 14.7. The molecule has 3 N–H and O–H groups in total. The van der Waals surface area contributed by atoms with E-state index < -0.39 is 11.0 Å². The van der Waals surface area contributed by atoms with Gasteiger partial charge in [-0.05, 0) is 48.4 Å². The van der Waals surface area contributed by atoms with Crippen molar-refractivity contribution in [3.63, 3.8) is 0 Å². The molecule has 0 bridgehead atoms. The Hall–Kier alpha value is -4.15. The van der Waals surface area contributed by atoms with Crippen LogP contribution in [0.4, 0.5) is 0 Å². The lowest BCUT2D eigenvalue weighted by molar-refractivity contribution is 0.0254. The summed E-state index contributed by atoms with van der Waals surface area (Å²) in [5.41, 5.74) is 2.93. The van der Waals surface area contributed by atoms with E-state index in [0.717, 1.165) is 36.9 Å². The van der Waals surface area contributed by atoms with Gasteiger partial charge in [0, 0.05) is 56.5 Å². The van der Waals surface area contributed by atoms with Gasteiger partial charge in [-0.1, -0.05) is 6.07 Å². The Morgan fingerprint density at radius 2 is 2.00 bits per heavy atom. The standard InChI is InChI=1S/C30H32N6O4S.H2O/c1-38-28-17-22(3-6-29(28)41(37)34-10-2-13-36-14-12-32-21-36)18-30-33-11-7-26(35-30)23-4-5-27(24(19-23)20-31)40-25-8-15-39-16-9-25;/h3-7,11-12,14,17,19,21,25,34H,2,8-10,13,15-16,18H2,1H3;1H2. The van der Waals surface area contributed by atoms with Crippen molar-refractivity contribution < 1.29 is 23.9 Å². The van der Waals surface area contributed by atoms with E-state index >= 15 is 0 Å². The molecular formula is C30H34N6O5S. The van der Waals surface area contributed by atoms with Crippen LogP contribution in [0.15, 0.2) is 72.3 Å². The van der Waals surface area contributed by atoms with Gasteiger partial charge in [-0.25, -0.2) is 23.9 Å². The first-order chi connectivity index (χ1) is 20.1. The highest BCUT2D eigenvalue weighted by Gasteiger charge is 2.18. The fourth-order valence-electron chi connectivity index (χ4n) is 4.58. The summed E-state index contributed by atoms with van der Waals surface area (Å²) in [6, 6.07) is 15.2. The molecule has 1 atom stereocenters. The predicted octanol–water partition coefficient (Wildman–Crippen LogP) is 3.25. The maximum atomic E-state index is 12.9. The zero-order chi connectivity index (χ0) is 28.4. The molecule has 3 heterocycles. The summed E-state index contributed by atoms with van der Waals surface area (Å²) in [5.74, 6) is 1.74. The van der Waals surface area contributed by atoms with Crippen molar-refractivity contribution in [3.8, 4) is 28.8 Å². The van der Waals surface area contributed by atoms with Gasteiger partial charge < -0.3 is 24.3 Å². The number of ether oxygens (including phenoxy) is 3. The minimum absolute atomic E-state index is 0. The molecule has 5 rings (SSSR count). The number of aromatic nitrogens is 4. The highest BCUT2D eigenvalue weighted by atomic mass is 32.2. The van der Waals surface area contributed by atoms with Crippen LogP contribution in [-0.2, 0) is 28.7 Å². The average molecular weight is 591 g/mol. The lowest BCUT2D eigenvalue weighted by atomic mass is 10.1. The predicted molar refractivity (Wildman–Crippen MR) is 157 cm³/mol. The van der Waals surface area contributed by atoms with Crippen LogP contribution in [0, 0.1) is 11.3 Å². The number of nitrogens with one attached hydrogen (secondary N) is 1. The van der Waals surface area contributed by atoms with Crippen molar-refractivity contribution in [3.05, 3.63) is 84.3 Å². The van der Waals surface area contributed by atoms with Crippen LogP contribution in [0.25, 0.3) is 11.3 Å². The number of rotatable bonds is 12. The molecule has 0 amide bonds. The molecular weight excluding hydrogens is 556 g/mol. The second kappa shape index (κ2) is 15.2. The van der Waals surface area contributed by atoms with Crippen molar-refractivity contribution in [1.82, 2.24) is 24.2 Å². The van der Waals surface area contributed by atoms with Crippen molar-refractivity contribution >= 4 is 11.0 Å². The van der Waals surface area contributed by atoms with Crippen LogP contribution in [0.3, 0.4) is 0 Å². The monoisotopic (exact) mass is 590 g/mol. The maximum absolute atomic E-state index is 12.9. The maximum Gasteiger partial charge on any atom is 0.137 e. The molecule has 1 fully saturated rings. The van der Waals surface area contributed by atoms with E-state index in [4.69, 9.17) is 19.2 Å².